The van der Waals surface area contributed by atoms with Crippen molar-refractivity contribution < 1.29 is 19.2 Å². The first-order valence-electron chi connectivity index (χ1n) is 12.8. The lowest BCUT2D eigenvalue weighted by atomic mass is 10.0. The number of amides is 1. The Morgan fingerprint density at radius 3 is 2.65 bits per heavy atom. The monoisotopic (exact) mass is 547 g/mol. The SMILES string of the molecule is CC(=O)SC(CCCCC(=O)N1CCCC1CC(=O)CCCCC1CCSS1)CCSCC=O. The summed E-state index contributed by atoms with van der Waals surface area (Å²) in [5.41, 5.74) is 0. The first-order valence-corrected chi connectivity index (χ1v) is 17.2. The fraction of sp³-hybridized carbons (Fsp3) is 0.840. The lowest BCUT2D eigenvalue weighted by Gasteiger charge is -2.24. The maximum atomic E-state index is 12.8. The van der Waals surface area contributed by atoms with Crippen LogP contribution in [0.1, 0.15) is 90.4 Å². The number of hydrogen-bond donors (Lipinski definition) is 0. The van der Waals surface area contributed by atoms with E-state index < -0.39 is 0 Å². The Kier molecular flexibility index (Phi) is 16.1. The van der Waals surface area contributed by atoms with Crippen molar-refractivity contribution in [3.8, 4) is 0 Å². The molecule has 3 atom stereocenters. The lowest BCUT2D eigenvalue weighted by Crippen LogP contribution is -2.36. The van der Waals surface area contributed by atoms with Gasteiger partial charge in [-0.15, -0.1) is 0 Å². The third-order valence-corrected chi connectivity index (χ3v) is 11.4. The van der Waals surface area contributed by atoms with Gasteiger partial charge in [-0.1, -0.05) is 46.2 Å². The normalized spacial score (nSPS) is 21.0. The van der Waals surface area contributed by atoms with E-state index in [0.29, 0.717) is 30.8 Å². The van der Waals surface area contributed by atoms with E-state index in [9.17, 15) is 19.2 Å². The van der Waals surface area contributed by atoms with E-state index in [1.54, 1.807) is 18.7 Å². The van der Waals surface area contributed by atoms with Crippen LogP contribution in [0, 0.1) is 0 Å². The maximum absolute atomic E-state index is 12.8. The molecule has 2 rings (SSSR count). The number of rotatable bonds is 18. The number of unbranched alkanes of at least 4 members (excludes halogenated alkanes) is 2. The second-order valence-corrected chi connectivity index (χ2v) is 14.6. The molecule has 0 radical (unpaired) electrons. The number of ketones is 1. The Balaban J connectivity index is 1.62. The third kappa shape index (κ3) is 12.7. The Morgan fingerprint density at radius 2 is 1.91 bits per heavy atom. The van der Waals surface area contributed by atoms with Crippen LogP contribution in [-0.4, -0.2) is 68.3 Å². The molecule has 0 aromatic carbocycles. The zero-order valence-corrected chi connectivity index (χ0v) is 23.8. The van der Waals surface area contributed by atoms with Crippen LogP contribution in [0.3, 0.4) is 0 Å². The third-order valence-electron chi connectivity index (χ3n) is 6.39. The van der Waals surface area contributed by atoms with Gasteiger partial charge in [-0.05, 0) is 57.1 Å². The summed E-state index contributed by atoms with van der Waals surface area (Å²) in [4.78, 5) is 49.3. The van der Waals surface area contributed by atoms with E-state index in [0.717, 1.165) is 75.2 Å². The molecule has 0 N–H and O–H groups in total. The fourth-order valence-corrected chi connectivity index (χ4v) is 9.52. The molecule has 2 aliphatic rings. The molecule has 0 aliphatic carbocycles. The molecule has 5 nitrogen and oxygen atoms in total. The van der Waals surface area contributed by atoms with Gasteiger partial charge in [0, 0.05) is 60.8 Å². The van der Waals surface area contributed by atoms with Gasteiger partial charge in [0.05, 0.1) is 0 Å². The molecule has 2 aliphatic heterocycles. The molecular weight excluding hydrogens is 507 g/mol. The smallest absolute Gasteiger partial charge is 0.222 e. The highest BCUT2D eigenvalue weighted by molar-refractivity contribution is 8.77. The van der Waals surface area contributed by atoms with Crippen molar-refractivity contribution in [1.82, 2.24) is 4.90 Å². The predicted octanol–water partition coefficient (Wildman–Crippen LogP) is 6.18. The molecular formula is C25H41NO4S4. The van der Waals surface area contributed by atoms with Gasteiger partial charge in [0.25, 0.3) is 0 Å². The van der Waals surface area contributed by atoms with E-state index in [1.807, 2.05) is 26.5 Å². The Bertz CT molecular complexity index is 642. The topological polar surface area (TPSA) is 71.5 Å². The molecule has 9 heteroatoms. The number of carbonyl (C=O) groups is 4. The second kappa shape index (κ2) is 18.2. The highest BCUT2D eigenvalue weighted by Crippen LogP contribution is 2.40. The number of likely N-dealkylation sites (tertiary alicyclic amines) is 1. The minimum absolute atomic E-state index is 0.0950. The zero-order valence-electron chi connectivity index (χ0n) is 20.5. The van der Waals surface area contributed by atoms with Crippen LogP contribution in [0.2, 0.25) is 0 Å². The van der Waals surface area contributed by atoms with Crippen molar-refractivity contribution in [1.29, 1.82) is 0 Å². The number of aldehydes is 1. The molecule has 3 unspecified atom stereocenters. The summed E-state index contributed by atoms with van der Waals surface area (Å²) in [6.45, 7) is 2.38. The molecule has 2 heterocycles. The molecule has 0 spiro atoms. The summed E-state index contributed by atoms with van der Waals surface area (Å²) < 4.78 is 0. The quantitative estimate of drug-likeness (QED) is 0.114. The summed E-state index contributed by atoms with van der Waals surface area (Å²) in [6.07, 6.45) is 12.8. The van der Waals surface area contributed by atoms with Crippen molar-refractivity contribution in [2.24, 2.45) is 0 Å². The standard InChI is InChI=1S/C25H41NO4S4/c1-20(28)33-23(12-16-31-18-15-27)9-4-5-11-25(30)26-14-6-7-21(26)19-22(29)8-2-3-10-24-13-17-32-34-24/h15,21,23-24H,2-14,16-19H2,1H3. The van der Waals surface area contributed by atoms with Crippen molar-refractivity contribution in [3.05, 3.63) is 0 Å². The number of hydrogen-bond acceptors (Lipinski definition) is 8. The highest BCUT2D eigenvalue weighted by atomic mass is 33.1. The molecule has 194 valence electrons. The van der Waals surface area contributed by atoms with Crippen LogP contribution in [0.4, 0.5) is 0 Å². The van der Waals surface area contributed by atoms with E-state index in [1.165, 1.54) is 30.4 Å². The molecule has 34 heavy (non-hydrogen) atoms. The van der Waals surface area contributed by atoms with E-state index in [2.05, 4.69) is 0 Å². The zero-order chi connectivity index (χ0) is 24.6. The number of nitrogens with zero attached hydrogens (tertiary/aromatic N) is 1. The van der Waals surface area contributed by atoms with Gasteiger partial charge < -0.3 is 9.69 Å². The fourth-order valence-electron chi connectivity index (χ4n) is 4.63. The van der Waals surface area contributed by atoms with Gasteiger partial charge in [-0.25, -0.2) is 0 Å². The summed E-state index contributed by atoms with van der Waals surface area (Å²) in [5, 5.41) is 1.16. The van der Waals surface area contributed by atoms with Gasteiger partial charge in [-0.3, -0.25) is 14.4 Å². The van der Waals surface area contributed by atoms with Gasteiger partial charge in [0.1, 0.15) is 12.1 Å². The average Bonchev–Trinajstić information content (AvgIpc) is 3.48. The van der Waals surface area contributed by atoms with E-state index >= 15 is 0 Å². The molecule has 2 saturated heterocycles. The van der Waals surface area contributed by atoms with Crippen molar-refractivity contribution in [2.75, 3.05) is 23.8 Å². The van der Waals surface area contributed by atoms with Crippen LogP contribution in [0.25, 0.3) is 0 Å². The molecule has 0 aromatic heterocycles. The average molecular weight is 548 g/mol. The van der Waals surface area contributed by atoms with Gasteiger partial charge in [0.15, 0.2) is 5.12 Å². The minimum atomic E-state index is 0.0950. The van der Waals surface area contributed by atoms with E-state index in [4.69, 9.17) is 0 Å². The summed E-state index contributed by atoms with van der Waals surface area (Å²) in [6, 6.07) is 0.0950. The lowest BCUT2D eigenvalue weighted by molar-refractivity contribution is -0.133. The largest absolute Gasteiger partial charge is 0.339 e. The summed E-state index contributed by atoms with van der Waals surface area (Å²) in [5.74, 6) is 3.15. The Hall–Kier alpha value is -0.120. The molecule has 0 bridgehead atoms. The highest BCUT2D eigenvalue weighted by Gasteiger charge is 2.29. The maximum Gasteiger partial charge on any atom is 0.222 e. The van der Waals surface area contributed by atoms with Crippen LogP contribution >= 0.6 is 45.1 Å². The second-order valence-electron chi connectivity index (χ2n) is 9.21. The summed E-state index contributed by atoms with van der Waals surface area (Å²) >= 11 is 2.99. The number of thioether (sulfide) groups is 2. The van der Waals surface area contributed by atoms with Crippen molar-refractivity contribution in [3.63, 3.8) is 0 Å². The molecule has 2 fully saturated rings. The molecule has 0 aromatic rings. The van der Waals surface area contributed by atoms with Crippen LogP contribution in [0.15, 0.2) is 0 Å². The van der Waals surface area contributed by atoms with Gasteiger partial charge in [0.2, 0.25) is 5.91 Å². The first-order chi connectivity index (χ1) is 16.5. The molecule has 0 saturated carbocycles. The van der Waals surface area contributed by atoms with Gasteiger partial charge >= 0.3 is 0 Å². The predicted molar refractivity (Wildman–Crippen MR) is 150 cm³/mol. The number of carbonyl (C=O) groups excluding carboxylic acids is 4. The van der Waals surface area contributed by atoms with Gasteiger partial charge in [-0.2, -0.15) is 11.8 Å². The van der Waals surface area contributed by atoms with Crippen molar-refractivity contribution >= 4 is 68.2 Å². The Morgan fingerprint density at radius 1 is 1.09 bits per heavy atom. The van der Waals surface area contributed by atoms with Crippen LogP contribution < -0.4 is 0 Å². The van der Waals surface area contributed by atoms with Crippen molar-refractivity contribution in [2.45, 2.75) is 107 Å². The number of Topliss-reactive ketones (excluding diaryl/α,β-unsaturated/α-hetero) is 1. The van der Waals surface area contributed by atoms with Crippen LogP contribution in [0.5, 0.6) is 0 Å². The Labute approximate surface area is 222 Å². The van der Waals surface area contributed by atoms with E-state index in [-0.39, 0.29) is 22.3 Å². The first kappa shape index (κ1) is 30.1. The molecule has 1 amide bonds. The summed E-state index contributed by atoms with van der Waals surface area (Å²) in [7, 11) is 3.98. The minimum Gasteiger partial charge on any atom is -0.339 e. The van der Waals surface area contributed by atoms with Crippen LogP contribution in [-0.2, 0) is 19.2 Å².